The van der Waals surface area contributed by atoms with E-state index in [-0.39, 0.29) is 28.4 Å². The van der Waals surface area contributed by atoms with E-state index in [0.29, 0.717) is 23.5 Å². The molecule has 1 N–H and O–H groups in total. The van der Waals surface area contributed by atoms with Crippen molar-refractivity contribution in [3.63, 3.8) is 0 Å². The summed E-state index contributed by atoms with van der Waals surface area (Å²) in [5, 5.41) is 0. The molecule has 0 aromatic heterocycles. The predicted octanol–water partition coefficient (Wildman–Crippen LogP) is 2.82. The summed E-state index contributed by atoms with van der Waals surface area (Å²) < 4.78 is 33.7. The van der Waals surface area contributed by atoms with Crippen molar-refractivity contribution >= 4 is 33.1 Å². The first-order valence-corrected chi connectivity index (χ1v) is 9.88. The molecule has 0 saturated carbocycles. The van der Waals surface area contributed by atoms with Crippen LogP contribution in [0.2, 0.25) is 0 Å². The maximum Gasteiger partial charge on any atom is 0.261 e. The van der Waals surface area contributed by atoms with Gasteiger partial charge in [0.2, 0.25) is 5.91 Å². The molecule has 0 saturated heterocycles. The van der Waals surface area contributed by atoms with E-state index in [1.807, 2.05) is 6.92 Å². The summed E-state index contributed by atoms with van der Waals surface area (Å²) in [4.78, 5) is 24.9. The van der Waals surface area contributed by atoms with Crippen molar-refractivity contribution in [2.24, 2.45) is 0 Å². The Bertz CT molecular complexity index is 1020. The van der Waals surface area contributed by atoms with Gasteiger partial charge in [-0.05, 0) is 44.2 Å². The van der Waals surface area contributed by atoms with Crippen LogP contribution in [0.25, 0.3) is 0 Å². The molecular formula is C19H20N2O5S. The predicted molar refractivity (Wildman–Crippen MR) is 102 cm³/mol. The van der Waals surface area contributed by atoms with E-state index in [9.17, 15) is 18.0 Å². The largest absolute Gasteiger partial charge is 0.487 e. The summed E-state index contributed by atoms with van der Waals surface area (Å²) in [5.74, 6) is 0.109. The third kappa shape index (κ3) is 3.95. The van der Waals surface area contributed by atoms with Crippen molar-refractivity contribution in [1.82, 2.24) is 0 Å². The molecule has 1 amide bonds. The first-order valence-electron chi connectivity index (χ1n) is 8.40. The first kappa shape index (κ1) is 18.9. The molecule has 142 valence electrons. The molecule has 0 bridgehead atoms. The van der Waals surface area contributed by atoms with Crippen molar-refractivity contribution in [2.75, 3.05) is 16.2 Å². The average molecular weight is 388 g/mol. The minimum absolute atomic E-state index is 0.00104. The molecular weight excluding hydrogens is 368 g/mol. The molecule has 2 aromatic rings. The van der Waals surface area contributed by atoms with E-state index in [1.165, 1.54) is 36.9 Å². The van der Waals surface area contributed by atoms with Crippen LogP contribution in [0.3, 0.4) is 0 Å². The number of rotatable bonds is 4. The van der Waals surface area contributed by atoms with E-state index in [1.54, 1.807) is 24.3 Å². The van der Waals surface area contributed by atoms with Gasteiger partial charge >= 0.3 is 0 Å². The number of carbonyl (C=O) groups is 2. The number of nitrogens with zero attached hydrogens (tertiary/aromatic N) is 1. The van der Waals surface area contributed by atoms with Gasteiger partial charge in [-0.3, -0.25) is 14.3 Å². The van der Waals surface area contributed by atoms with E-state index < -0.39 is 10.0 Å². The second-order valence-electron chi connectivity index (χ2n) is 6.43. The number of anilines is 2. The number of ketones is 1. The van der Waals surface area contributed by atoms with E-state index in [4.69, 9.17) is 4.74 Å². The Morgan fingerprint density at radius 2 is 1.89 bits per heavy atom. The van der Waals surface area contributed by atoms with Gasteiger partial charge in [-0.2, -0.15) is 0 Å². The normalized spacial score (nSPS) is 16.3. The summed E-state index contributed by atoms with van der Waals surface area (Å²) in [6.45, 7) is 5.02. The van der Waals surface area contributed by atoms with Crippen LogP contribution in [0.5, 0.6) is 5.75 Å². The van der Waals surface area contributed by atoms with Crippen molar-refractivity contribution in [2.45, 2.75) is 31.8 Å². The second-order valence-corrected chi connectivity index (χ2v) is 8.11. The van der Waals surface area contributed by atoms with Crippen molar-refractivity contribution in [1.29, 1.82) is 0 Å². The number of amides is 1. The van der Waals surface area contributed by atoms with Gasteiger partial charge in [-0.25, -0.2) is 8.42 Å². The van der Waals surface area contributed by atoms with Crippen LogP contribution in [-0.2, 0) is 14.8 Å². The fraction of sp³-hybridized carbons (Fsp3) is 0.263. The Morgan fingerprint density at radius 1 is 1.15 bits per heavy atom. The Hall–Kier alpha value is -2.87. The lowest BCUT2D eigenvalue weighted by Gasteiger charge is -2.33. The highest BCUT2D eigenvalue weighted by atomic mass is 32.2. The third-order valence-corrected chi connectivity index (χ3v) is 5.58. The quantitative estimate of drug-likeness (QED) is 0.813. The van der Waals surface area contributed by atoms with Gasteiger partial charge in [0.25, 0.3) is 10.0 Å². The number of hydrogen-bond acceptors (Lipinski definition) is 5. The van der Waals surface area contributed by atoms with Gasteiger partial charge in [0, 0.05) is 18.2 Å². The fourth-order valence-corrected chi connectivity index (χ4v) is 3.97. The molecule has 0 fully saturated rings. The van der Waals surface area contributed by atoms with Gasteiger partial charge < -0.3 is 9.64 Å². The molecule has 27 heavy (non-hydrogen) atoms. The molecule has 1 atom stereocenters. The average Bonchev–Trinajstić information content (AvgIpc) is 2.60. The molecule has 1 aliphatic rings. The second kappa shape index (κ2) is 7.03. The number of carbonyl (C=O) groups excluding carboxylic acids is 2. The SMILES string of the molecule is CC(=O)c1cccc(NS(=O)(=O)c2ccc3c(c2)N(C(C)=O)C[C@@H](C)O3)c1. The number of benzene rings is 2. The molecule has 1 heterocycles. The highest BCUT2D eigenvalue weighted by Gasteiger charge is 2.28. The van der Waals surface area contributed by atoms with Crippen LogP contribution in [0.4, 0.5) is 11.4 Å². The minimum Gasteiger partial charge on any atom is -0.487 e. The Balaban J connectivity index is 1.96. The van der Waals surface area contributed by atoms with Gasteiger partial charge in [0.05, 0.1) is 17.1 Å². The van der Waals surface area contributed by atoms with Crippen LogP contribution >= 0.6 is 0 Å². The minimum atomic E-state index is -3.91. The lowest BCUT2D eigenvalue weighted by molar-refractivity contribution is -0.117. The molecule has 1 aliphatic heterocycles. The molecule has 2 aromatic carbocycles. The number of fused-ring (bicyclic) bond motifs is 1. The molecule has 7 nitrogen and oxygen atoms in total. The summed E-state index contributed by atoms with van der Waals surface area (Å²) >= 11 is 0. The zero-order valence-corrected chi connectivity index (χ0v) is 16.0. The zero-order valence-electron chi connectivity index (χ0n) is 15.2. The molecule has 0 spiro atoms. The number of hydrogen-bond donors (Lipinski definition) is 1. The van der Waals surface area contributed by atoms with Crippen LogP contribution in [0, 0.1) is 0 Å². The Kier molecular flexibility index (Phi) is 4.93. The summed E-state index contributed by atoms with van der Waals surface area (Å²) in [5.41, 5.74) is 1.11. The molecule has 3 rings (SSSR count). The van der Waals surface area contributed by atoms with Gasteiger partial charge in [0.15, 0.2) is 5.78 Å². The molecule has 0 radical (unpaired) electrons. The molecule has 0 aliphatic carbocycles. The van der Waals surface area contributed by atoms with E-state index >= 15 is 0 Å². The number of nitrogens with one attached hydrogen (secondary N) is 1. The lowest BCUT2D eigenvalue weighted by Crippen LogP contribution is -2.41. The van der Waals surface area contributed by atoms with Crippen molar-refractivity contribution in [3.05, 3.63) is 48.0 Å². The summed E-state index contributed by atoms with van der Waals surface area (Å²) in [7, 11) is -3.91. The topological polar surface area (TPSA) is 92.8 Å². The number of ether oxygens (including phenoxy) is 1. The van der Waals surface area contributed by atoms with Crippen molar-refractivity contribution < 1.29 is 22.7 Å². The van der Waals surface area contributed by atoms with E-state index in [2.05, 4.69) is 4.72 Å². The van der Waals surface area contributed by atoms with Crippen LogP contribution < -0.4 is 14.4 Å². The monoisotopic (exact) mass is 388 g/mol. The molecule has 8 heteroatoms. The highest BCUT2D eigenvalue weighted by molar-refractivity contribution is 7.92. The van der Waals surface area contributed by atoms with Gasteiger partial charge in [0.1, 0.15) is 11.9 Å². The lowest BCUT2D eigenvalue weighted by atomic mass is 10.1. The number of Topliss-reactive ketones (excluding diaryl/α,β-unsaturated/α-hetero) is 1. The standard InChI is InChI=1S/C19H20N2O5S/c1-12-11-21(14(3)23)18-10-17(7-8-19(18)26-12)27(24,25)20-16-6-4-5-15(9-16)13(2)22/h4-10,12,20H,11H2,1-3H3/t12-/m1/s1. The molecule has 0 unspecified atom stereocenters. The third-order valence-electron chi connectivity index (χ3n) is 4.20. The van der Waals surface area contributed by atoms with Gasteiger partial charge in [-0.15, -0.1) is 0 Å². The maximum absolute atomic E-state index is 12.8. The fourth-order valence-electron chi connectivity index (χ4n) is 2.90. The van der Waals surface area contributed by atoms with Crippen molar-refractivity contribution in [3.8, 4) is 5.75 Å². The van der Waals surface area contributed by atoms with Crippen LogP contribution in [0.15, 0.2) is 47.4 Å². The Morgan fingerprint density at radius 3 is 2.56 bits per heavy atom. The maximum atomic E-state index is 12.8. The number of sulfonamides is 1. The first-order chi connectivity index (χ1) is 12.7. The smallest absolute Gasteiger partial charge is 0.261 e. The summed E-state index contributed by atoms with van der Waals surface area (Å²) in [6.07, 6.45) is -0.184. The summed E-state index contributed by atoms with van der Waals surface area (Å²) in [6, 6.07) is 10.6. The van der Waals surface area contributed by atoms with E-state index in [0.717, 1.165) is 0 Å². The highest BCUT2D eigenvalue weighted by Crippen LogP contribution is 2.35. The Labute approximate surface area is 158 Å². The van der Waals surface area contributed by atoms with Crippen LogP contribution in [0.1, 0.15) is 31.1 Å². The van der Waals surface area contributed by atoms with Crippen LogP contribution in [-0.4, -0.2) is 32.8 Å². The zero-order chi connectivity index (χ0) is 19.8. The van der Waals surface area contributed by atoms with Gasteiger partial charge in [-0.1, -0.05) is 12.1 Å².